The van der Waals surface area contributed by atoms with Crippen LogP contribution in [0.15, 0.2) is 146 Å². The lowest BCUT2D eigenvalue weighted by molar-refractivity contribution is 1.08. The number of hydrogen-bond acceptors (Lipinski definition) is 2. The van der Waals surface area contributed by atoms with Crippen LogP contribution in [-0.2, 0) is 0 Å². The fraction of sp³-hybridized carbons (Fsp3) is 0. The molecule has 4 heteroatoms. The zero-order chi connectivity index (χ0) is 26.5. The van der Waals surface area contributed by atoms with Crippen molar-refractivity contribution in [2.45, 2.75) is 0 Å². The molecule has 188 valence electrons. The number of hydrogen-bond donors (Lipinski definition) is 0. The van der Waals surface area contributed by atoms with Crippen LogP contribution in [0.1, 0.15) is 0 Å². The van der Waals surface area contributed by atoms with Crippen LogP contribution in [0.25, 0.3) is 66.7 Å². The van der Waals surface area contributed by atoms with Crippen molar-refractivity contribution in [3.8, 4) is 33.9 Å². The van der Waals surface area contributed by atoms with E-state index < -0.39 is 0 Å². The number of rotatable bonds is 4. The van der Waals surface area contributed by atoms with Gasteiger partial charge in [0.2, 0.25) is 0 Å². The molecule has 0 aliphatic heterocycles. The second kappa shape index (κ2) is 9.07. The van der Waals surface area contributed by atoms with Crippen molar-refractivity contribution in [2.24, 2.45) is 0 Å². The van der Waals surface area contributed by atoms with Gasteiger partial charge in [-0.2, -0.15) is 0 Å². The Hall–Kier alpha value is -5.48. The maximum atomic E-state index is 5.00. The highest BCUT2D eigenvalue weighted by Gasteiger charge is 2.16. The standard InChI is InChI=1S/C36H24N4/c1-2-11-25(12-3-1)36-38-32-17-6-9-20-35(32)40(36)29-22-27(23-37-24-29)26-13-10-14-28(21-26)39-33-18-7-4-15-30(33)31-16-5-8-19-34(31)39/h1-24H. The van der Waals surface area contributed by atoms with E-state index in [2.05, 4.69) is 118 Å². The summed E-state index contributed by atoms with van der Waals surface area (Å²) in [5, 5.41) is 2.51. The van der Waals surface area contributed by atoms with E-state index >= 15 is 0 Å². The Kier molecular flexibility index (Phi) is 5.10. The molecule has 0 saturated heterocycles. The Balaban J connectivity index is 1.30. The molecule has 0 aliphatic carbocycles. The first-order valence-corrected chi connectivity index (χ1v) is 13.4. The van der Waals surface area contributed by atoms with Crippen molar-refractivity contribution in [1.82, 2.24) is 19.1 Å². The van der Waals surface area contributed by atoms with E-state index in [4.69, 9.17) is 9.97 Å². The van der Waals surface area contributed by atoms with Gasteiger partial charge in [-0.1, -0.05) is 91.0 Å². The van der Waals surface area contributed by atoms with E-state index in [0.29, 0.717) is 0 Å². The second-order valence-electron chi connectivity index (χ2n) is 9.98. The molecule has 0 saturated carbocycles. The third kappa shape index (κ3) is 3.54. The van der Waals surface area contributed by atoms with Gasteiger partial charge in [0.15, 0.2) is 0 Å². The highest BCUT2D eigenvalue weighted by atomic mass is 15.1. The molecule has 40 heavy (non-hydrogen) atoms. The molecule has 0 atom stereocenters. The summed E-state index contributed by atoms with van der Waals surface area (Å²) in [5.41, 5.74) is 9.74. The van der Waals surface area contributed by atoms with E-state index in [0.717, 1.165) is 44.9 Å². The third-order valence-corrected chi connectivity index (χ3v) is 7.59. The average Bonchev–Trinajstić information content (AvgIpc) is 3.58. The van der Waals surface area contributed by atoms with Crippen molar-refractivity contribution in [3.05, 3.63) is 146 Å². The van der Waals surface area contributed by atoms with Gasteiger partial charge in [0, 0.05) is 33.8 Å². The summed E-state index contributed by atoms with van der Waals surface area (Å²) in [6, 6.07) is 46.7. The lowest BCUT2D eigenvalue weighted by Crippen LogP contribution is -1.99. The normalized spacial score (nSPS) is 11.5. The zero-order valence-electron chi connectivity index (χ0n) is 21.6. The predicted molar refractivity (Wildman–Crippen MR) is 164 cm³/mol. The van der Waals surface area contributed by atoms with Gasteiger partial charge in [-0.3, -0.25) is 9.55 Å². The van der Waals surface area contributed by atoms with E-state index in [1.807, 2.05) is 36.7 Å². The minimum atomic E-state index is 0.903. The Labute approximate surface area is 231 Å². The predicted octanol–water partition coefficient (Wildman–Crippen LogP) is 8.85. The van der Waals surface area contributed by atoms with Crippen LogP contribution < -0.4 is 0 Å². The Morgan fingerprint density at radius 1 is 0.425 bits per heavy atom. The first-order valence-electron chi connectivity index (χ1n) is 13.4. The quantitative estimate of drug-likeness (QED) is 0.236. The number of imidazole rings is 1. The van der Waals surface area contributed by atoms with Gasteiger partial charge >= 0.3 is 0 Å². The van der Waals surface area contributed by atoms with Crippen LogP contribution in [-0.4, -0.2) is 19.1 Å². The van der Waals surface area contributed by atoms with Crippen LogP contribution in [0, 0.1) is 0 Å². The summed E-state index contributed by atoms with van der Waals surface area (Å²) >= 11 is 0. The van der Waals surface area contributed by atoms with Gasteiger partial charge in [-0.05, 0) is 48.0 Å². The average molecular weight is 513 g/mol. The van der Waals surface area contributed by atoms with Crippen molar-refractivity contribution in [2.75, 3.05) is 0 Å². The number of aromatic nitrogens is 4. The van der Waals surface area contributed by atoms with Crippen molar-refractivity contribution >= 4 is 32.8 Å². The first-order chi connectivity index (χ1) is 19.8. The van der Waals surface area contributed by atoms with Crippen LogP contribution in [0.5, 0.6) is 0 Å². The lowest BCUT2D eigenvalue weighted by atomic mass is 10.1. The Morgan fingerprint density at radius 2 is 1.05 bits per heavy atom. The first kappa shape index (κ1) is 22.5. The molecule has 3 aromatic heterocycles. The molecule has 5 aromatic carbocycles. The minimum absolute atomic E-state index is 0.903. The topological polar surface area (TPSA) is 35.6 Å². The summed E-state index contributed by atoms with van der Waals surface area (Å²) < 4.78 is 4.56. The summed E-state index contributed by atoms with van der Waals surface area (Å²) in [4.78, 5) is 9.69. The molecule has 0 spiro atoms. The van der Waals surface area contributed by atoms with Crippen LogP contribution >= 0.6 is 0 Å². The molecule has 0 unspecified atom stereocenters. The van der Waals surface area contributed by atoms with E-state index in [1.165, 1.54) is 21.8 Å². The number of para-hydroxylation sites is 4. The Morgan fingerprint density at radius 3 is 1.82 bits per heavy atom. The smallest absolute Gasteiger partial charge is 0.145 e. The molecule has 8 aromatic rings. The molecule has 0 N–H and O–H groups in total. The maximum Gasteiger partial charge on any atom is 0.145 e. The molecule has 0 bridgehead atoms. The van der Waals surface area contributed by atoms with E-state index in [-0.39, 0.29) is 0 Å². The number of fused-ring (bicyclic) bond motifs is 4. The molecule has 0 aliphatic rings. The van der Waals surface area contributed by atoms with Crippen LogP contribution in [0.3, 0.4) is 0 Å². The van der Waals surface area contributed by atoms with Crippen molar-refractivity contribution < 1.29 is 0 Å². The summed E-state index contributed by atoms with van der Waals surface area (Å²) in [6.45, 7) is 0. The maximum absolute atomic E-state index is 5.00. The summed E-state index contributed by atoms with van der Waals surface area (Å²) in [6.07, 6.45) is 3.86. The van der Waals surface area contributed by atoms with Gasteiger partial charge in [-0.15, -0.1) is 0 Å². The van der Waals surface area contributed by atoms with Crippen molar-refractivity contribution in [1.29, 1.82) is 0 Å². The third-order valence-electron chi connectivity index (χ3n) is 7.59. The SMILES string of the molecule is c1ccc(-c2nc3ccccc3n2-c2cncc(-c3cccc(-n4c5ccccc5c5ccccc54)c3)c2)cc1. The molecule has 0 amide bonds. The summed E-state index contributed by atoms with van der Waals surface area (Å²) in [5.74, 6) is 0.903. The number of benzene rings is 5. The van der Waals surface area contributed by atoms with E-state index in [9.17, 15) is 0 Å². The minimum Gasteiger partial charge on any atom is -0.309 e. The molecular formula is C36H24N4. The molecule has 0 fully saturated rings. The van der Waals surface area contributed by atoms with Crippen LogP contribution in [0.2, 0.25) is 0 Å². The van der Waals surface area contributed by atoms with Gasteiger partial charge in [0.25, 0.3) is 0 Å². The highest BCUT2D eigenvalue weighted by molar-refractivity contribution is 6.09. The molecule has 8 rings (SSSR count). The van der Waals surface area contributed by atoms with Gasteiger partial charge in [-0.25, -0.2) is 4.98 Å². The molecular weight excluding hydrogens is 488 g/mol. The highest BCUT2D eigenvalue weighted by Crippen LogP contribution is 2.34. The second-order valence-corrected chi connectivity index (χ2v) is 9.98. The van der Waals surface area contributed by atoms with Crippen molar-refractivity contribution in [3.63, 3.8) is 0 Å². The summed E-state index contributed by atoms with van der Waals surface area (Å²) in [7, 11) is 0. The number of pyridine rings is 1. The fourth-order valence-corrected chi connectivity index (χ4v) is 5.80. The van der Waals surface area contributed by atoms with Crippen LogP contribution in [0.4, 0.5) is 0 Å². The monoisotopic (exact) mass is 512 g/mol. The van der Waals surface area contributed by atoms with E-state index in [1.54, 1.807) is 0 Å². The molecule has 4 nitrogen and oxygen atoms in total. The lowest BCUT2D eigenvalue weighted by Gasteiger charge is -2.13. The molecule has 3 heterocycles. The number of nitrogens with zero attached hydrogens (tertiary/aromatic N) is 4. The Bertz CT molecular complexity index is 2120. The molecule has 0 radical (unpaired) electrons. The van der Waals surface area contributed by atoms with Gasteiger partial charge < -0.3 is 4.57 Å². The van der Waals surface area contributed by atoms with Gasteiger partial charge in [0.1, 0.15) is 5.82 Å². The largest absolute Gasteiger partial charge is 0.309 e. The zero-order valence-corrected chi connectivity index (χ0v) is 21.6. The van der Waals surface area contributed by atoms with Gasteiger partial charge in [0.05, 0.1) is 34.0 Å². The fourth-order valence-electron chi connectivity index (χ4n) is 5.80.